The third-order valence-corrected chi connectivity index (χ3v) is 8.11. The molecule has 8 nitrogen and oxygen atoms in total. The number of alkyl halides is 6. The van der Waals surface area contributed by atoms with Crippen LogP contribution >= 0.6 is 0 Å². The smallest absolute Gasteiger partial charge is 0.369 e. The van der Waals surface area contributed by atoms with E-state index in [1.807, 2.05) is 0 Å². The van der Waals surface area contributed by atoms with Gasteiger partial charge in [-0.2, -0.15) is 30.6 Å². The summed E-state index contributed by atoms with van der Waals surface area (Å²) in [6.45, 7) is 0.794. The SMILES string of the molecule is CC1CN(c2ccc(F)cc2C(F)(F)F)CCN1S(=O)(=O)c1ncn(C)c1C(C)(C(N)=O)C(F)(F)F. The molecular formula is C20H22F7N5O3S. The number of aromatic nitrogens is 2. The summed E-state index contributed by atoms with van der Waals surface area (Å²) in [4.78, 5) is 16.7. The Morgan fingerprint density at radius 1 is 1.14 bits per heavy atom. The van der Waals surface area contributed by atoms with Crippen molar-refractivity contribution >= 4 is 21.6 Å². The molecule has 2 N–H and O–H groups in total. The standard InChI is InChI=1S/C20H22F7N5O3S/c1-11-9-31(14-5-4-12(21)8-13(14)19(22,23)24)6-7-32(11)36(34,35)16-15(30(3)10-29-16)18(2,17(28)33)20(25,26)27/h4-5,8,10-11H,6-7,9H2,1-3H3,(H2,28,33). The van der Waals surface area contributed by atoms with Gasteiger partial charge in [-0.15, -0.1) is 0 Å². The van der Waals surface area contributed by atoms with Crippen molar-refractivity contribution in [3.63, 3.8) is 0 Å². The number of rotatable bonds is 5. The number of carbonyl (C=O) groups excluding carboxylic acids is 1. The van der Waals surface area contributed by atoms with Gasteiger partial charge >= 0.3 is 12.4 Å². The third kappa shape index (κ3) is 4.51. The Morgan fingerprint density at radius 3 is 2.25 bits per heavy atom. The Bertz CT molecular complexity index is 1280. The van der Waals surface area contributed by atoms with Gasteiger partial charge in [0.25, 0.3) is 10.0 Å². The van der Waals surface area contributed by atoms with Crippen LogP contribution in [-0.4, -0.2) is 60.0 Å². The van der Waals surface area contributed by atoms with Gasteiger partial charge in [-0.25, -0.2) is 17.8 Å². The van der Waals surface area contributed by atoms with E-state index >= 15 is 0 Å². The Morgan fingerprint density at radius 2 is 1.75 bits per heavy atom. The summed E-state index contributed by atoms with van der Waals surface area (Å²) in [6, 6.07) is 1.05. The number of aryl methyl sites for hydroxylation is 1. The van der Waals surface area contributed by atoms with Crippen LogP contribution in [0.2, 0.25) is 0 Å². The van der Waals surface area contributed by atoms with Crippen molar-refractivity contribution in [2.75, 3.05) is 24.5 Å². The topological polar surface area (TPSA) is 102 Å². The highest BCUT2D eigenvalue weighted by atomic mass is 32.2. The minimum Gasteiger partial charge on any atom is -0.369 e. The Kier molecular flexibility index (Phi) is 6.85. The van der Waals surface area contributed by atoms with Gasteiger partial charge in [0, 0.05) is 38.4 Å². The maximum absolute atomic E-state index is 13.9. The first kappa shape index (κ1) is 27.7. The van der Waals surface area contributed by atoms with Gasteiger partial charge in [-0.1, -0.05) is 0 Å². The van der Waals surface area contributed by atoms with E-state index in [1.54, 1.807) is 0 Å². The molecule has 0 aliphatic carbocycles. The first-order chi connectivity index (χ1) is 16.3. The number of halogens is 7. The predicted molar refractivity (Wildman–Crippen MR) is 113 cm³/mol. The maximum atomic E-state index is 13.9. The van der Waals surface area contributed by atoms with Crippen LogP contribution in [0.5, 0.6) is 0 Å². The molecule has 36 heavy (non-hydrogen) atoms. The number of imidazole rings is 1. The predicted octanol–water partition coefficient (Wildman–Crippen LogP) is 2.78. The van der Waals surface area contributed by atoms with Crippen LogP contribution in [0.3, 0.4) is 0 Å². The van der Waals surface area contributed by atoms with Crippen LogP contribution in [0.15, 0.2) is 29.6 Å². The van der Waals surface area contributed by atoms with Crippen molar-refractivity contribution in [1.29, 1.82) is 0 Å². The Hall–Kier alpha value is -2.88. The normalized spacial score (nSPS) is 19.8. The number of anilines is 1. The summed E-state index contributed by atoms with van der Waals surface area (Å²) < 4.78 is 124. The van der Waals surface area contributed by atoms with Gasteiger partial charge in [-0.05, 0) is 32.0 Å². The molecule has 0 bridgehead atoms. The minimum atomic E-state index is -5.27. The van der Waals surface area contributed by atoms with Crippen molar-refractivity contribution in [2.24, 2.45) is 12.8 Å². The molecular weight excluding hydrogens is 523 g/mol. The first-order valence-electron chi connectivity index (χ1n) is 10.4. The monoisotopic (exact) mass is 545 g/mol. The molecule has 2 aromatic rings. The molecule has 2 unspecified atom stereocenters. The van der Waals surface area contributed by atoms with Crippen molar-refractivity contribution in [3.8, 4) is 0 Å². The minimum absolute atomic E-state index is 0.285. The molecule has 1 aliphatic heterocycles. The van der Waals surface area contributed by atoms with E-state index in [1.165, 1.54) is 11.8 Å². The van der Waals surface area contributed by atoms with E-state index < -0.39 is 68.4 Å². The second-order valence-corrected chi connectivity index (χ2v) is 10.4. The number of amides is 1. The highest BCUT2D eigenvalue weighted by Crippen LogP contribution is 2.44. The van der Waals surface area contributed by atoms with Gasteiger partial charge in [0.05, 0.1) is 17.6 Å². The van der Waals surface area contributed by atoms with Gasteiger partial charge in [0.15, 0.2) is 10.4 Å². The summed E-state index contributed by atoms with van der Waals surface area (Å²) in [6.07, 6.45) is -9.36. The van der Waals surface area contributed by atoms with E-state index in [0.717, 1.165) is 34.4 Å². The summed E-state index contributed by atoms with van der Waals surface area (Å²) in [7, 11) is -3.69. The number of hydrogen-bond acceptors (Lipinski definition) is 5. The highest BCUT2D eigenvalue weighted by molar-refractivity contribution is 7.89. The van der Waals surface area contributed by atoms with E-state index in [-0.39, 0.29) is 18.8 Å². The zero-order chi connectivity index (χ0) is 27.4. The van der Waals surface area contributed by atoms with Crippen LogP contribution in [-0.2, 0) is 33.5 Å². The lowest BCUT2D eigenvalue weighted by Gasteiger charge is -2.41. The summed E-state index contributed by atoms with van der Waals surface area (Å²) in [5, 5.41) is -1.04. The van der Waals surface area contributed by atoms with Gasteiger partial charge in [-0.3, -0.25) is 4.79 Å². The molecule has 0 spiro atoms. The number of benzene rings is 1. The Labute approximate surface area is 201 Å². The first-order valence-corrected chi connectivity index (χ1v) is 11.8. The molecule has 1 aliphatic rings. The highest BCUT2D eigenvalue weighted by Gasteiger charge is 2.61. The lowest BCUT2D eigenvalue weighted by molar-refractivity contribution is -0.191. The van der Waals surface area contributed by atoms with Crippen molar-refractivity contribution in [2.45, 2.75) is 42.7 Å². The Balaban J connectivity index is 2.01. The number of hydrogen-bond donors (Lipinski definition) is 1. The zero-order valence-electron chi connectivity index (χ0n) is 19.2. The fourth-order valence-electron chi connectivity index (χ4n) is 4.19. The molecule has 1 aromatic heterocycles. The van der Waals surface area contributed by atoms with Crippen LogP contribution < -0.4 is 10.6 Å². The van der Waals surface area contributed by atoms with Gasteiger partial charge in [0.1, 0.15) is 5.82 Å². The van der Waals surface area contributed by atoms with E-state index in [4.69, 9.17) is 5.73 Å². The number of sulfonamides is 1. The second kappa shape index (κ2) is 8.90. The van der Waals surface area contributed by atoms with E-state index in [0.29, 0.717) is 13.0 Å². The summed E-state index contributed by atoms with van der Waals surface area (Å²) in [5.41, 5.74) is -0.968. The van der Waals surface area contributed by atoms with Crippen molar-refractivity contribution in [3.05, 3.63) is 41.6 Å². The molecule has 200 valence electrons. The van der Waals surface area contributed by atoms with Gasteiger partial charge in [0.2, 0.25) is 5.91 Å². The van der Waals surface area contributed by atoms with E-state index in [2.05, 4.69) is 4.98 Å². The average molecular weight is 545 g/mol. The van der Waals surface area contributed by atoms with Crippen LogP contribution in [0.25, 0.3) is 0 Å². The number of nitrogens with zero attached hydrogens (tertiary/aromatic N) is 4. The fraction of sp³-hybridized carbons (Fsp3) is 0.500. The number of primary amides is 1. The number of carbonyl (C=O) groups is 1. The van der Waals surface area contributed by atoms with Crippen LogP contribution in [0, 0.1) is 5.82 Å². The molecule has 1 amide bonds. The molecule has 0 saturated carbocycles. The molecule has 3 rings (SSSR count). The molecule has 16 heteroatoms. The molecule has 0 radical (unpaired) electrons. The van der Waals surface area contributed by atoms with Crippen LogP contribution in [0.1, 0.15) is 25.1 Å². The van der Waals surface area contributed by atoms with E-state index in [9.17, 15) is 43.9 Å². The molecule has 1 saturated heterocycles. The molecule has 1 fully saturated rings. The number of piperazine rings is 1. The lowest BCUT2D eigenvalue weighted by atomic mass is 9.85. The third-order valence-electron chi connectivity index (χ3n) is 6.16. The van der Waals surface area contributed by atoms with Crippen LogP contribution in [0.4, 0.5) is 36.4 Å². The maximum Gasteiger partial charge on any atom is 0.418 e. The fourth-order valence-corrected chi connectivity index (χ4v) is 6.05. The zero-order valence-corrected chi connectivity index (χ0v) is 20.0. The summed E-state index contributed by atoms with van der Waals surface area (Å²) >= 11 is 0. The molecule has 2 atom stereocenters. The second-order valence-electron chi connectivity index (χ2n) is 8.57. The molecule has 1 aromatic carbocycles. The summed E-state index contributed by atoms with van der Waals surface area (Å²) in [5.74, 6) is -2.95. The van der Waals surface area contributed by atoms with Crippen molar-refractivity contribution in [1.82, 2.24) is 13.9 Å². The number of nitrogens with two attached hydrogens (primary N) is 1. The largest absolute Gasteiger partial charge is 0.418 e. The van der Waals surface area contributed by atoms with Crippen molar-refractivity contribution < 1.29 is 43.9 Å². The lowest BCUT2D eigenvalue weighted by Crippen LogP contribution is -2.55. The van der Waals surface area contributed by atoms with Gasteiger partial charge < -0.3 is 15.2 Å². The quantitative estimate of drug-likeness (QED) is 0.583. The average Bonchev–Trinajstić information content (AvgIpc) is 3.13. The molecule has 2 heterocycles.